The normalized spacial score (nSPS) is 13.3. The molecule has 0 fully saturated rings. The summed E-state index contributed by atoms with van der Waals surface area (Å²) in [6.45, 7) is 6.84. The van der Waals surface area contributed by atoms with Crippen LogP contribution in [0.1, 0.15) is 201 Å². The van der Waals surface area contributed by atoms with Gasteiger partial charge in [0.15, 0.2) is 6.10 Å². The second kappa shape index (κ2) is 43.1. The van der Waals surface area contributed by atoms with E-state index in [0.29, 0.717) is 19.4 Å². The SMILES string of the molecule is CCCCCCCCCCC/C=C\CCCCC(=O)OCC(COP(=O)([O-])OCCN(C)CC)OC(=O)CCCC/C=C\CCCCCCCCCCC.[Na+]. The minimum atomic E-state index is -4.63. The van der Waals surface area contributed by atoms with Crippen molar-refractivity contribution in [3.05, 3.63) is 24.3 Å². The molecule has 2 unspecified atom stereocenters. The fourth-order valence-corrected chi connectivity index (χ4v) is 6.71. The van der Waals surface area contributed by atoms with E-state index in [0.717, 1.165) is 45.1 Å². The number of allylic oxidation sites excluding steroid dienone is 4. The van der Waals surface area contributed by atoms with E-state index in [2.05, 4.69) is 38.2 Å². The van der Waals surface area contributed by atoms with Crippen molar-refractivity contribution in [3.8, 4) is 0 Å². The smallest absolute Gasteiger partial charge is 0.756 e. The number of rotatable bonds is 41. The Labute approximate surface area is 360 Å². The van der Waals surface area contributed by atoms with E-state index in [9.17, 15) is 19.0 Å². The molecule has 0 aliphatic rings. The van der Waals surface area contributed by atoms with Gasteiger partial charge in [-0.25, -0.2) is 0 Å². The largest absolute Gasteiger partial charge is 1.00 e. The molecule has 0 aromatic heterocycles. The second-order valence-electron chi connectivity index (χ2n) is 14.9. The molecule has 0 saturated carbocycles. The number of esters is 2. The summed E-state index contributed by atoms with van der Waals surface area (Å²) in [4.78, 5) is 39.3. The summed E-state index contributed by atoms with van der Waals surface area (Å²) >= 11 is 0. The summed E-state index contributed by atoms with van der Waals surface area (Å²) in [5, 5.41) is 0. The molecule has 11 heteroatoms. The predicted octanol–water partition coefficient (Wildman–Crippen LogP) is 8.97. The van der Waals surface area contributed by atoms with Gasteiger partial charge < -0.3 is 28.3 Å². The van der Waals surface area contributed by atoms with Crippen molar-refractivity contribution in [2.45, 2.75) is 207 Å². The summed E-state index contributed by atoms with van der Waals surface area (Å²) < 4.78 is 33.2. The summed E-state index contributed by atoms with van der Waals surface area (Å²) in [6.07, 6.45) is 39.2. The maximum atomic E-state index is 12.6. The molecule has 0 heterocycles. The van der Waals surface area contributed by atoms with E-state index in [1.807, 2.05) is 18.9 Å². The fraction of sp³-hybridized carbons (Fsp3) is 0.864. The molecule has 0 radical (unpaired) electrons. The van der Waals surface area contributed by atoms with E-state index in [4.69, 9.17) is 18.5 Å². The zero-order chi connectivity index (χ0) is 39.8. The minimum Gasteiger partial charge on any atom is -0.756 e. The third-order valence-corrected chi connectivity index (χ3v) is 10.7. The number of ether oxygens (including phenoxy) is 2. The standard InChI is InChI=1S/C44H84NO8P.Na/c1-5-8-10-12-14-16-18-20-22-24-26-28-30-32-34-36-43(46)50-40-42(41-52-54(48,49)51-39-38-45(4)7-3)53-44(47)37-35-33-31-29-27-25-23-21-19-17-15-13-11-9-6-2;/h26-29,42H,5-25,30-41H2,1-4H3,(H,48,49);/q;+1/p-1/b28-26-,29-27-;. The van der Waals surface area contributed by atoms with Gasteiger partial charge in [0.1, 0.15) is 6.61 Å². The topological polar surface area (TPSA) is 114 Å². The average molecular weight is 808 g/mol. The fourth-order valence-electron chi connectivity index (χ4n) is 5.98. The van der Waals surface area contributed by atoms with E-state index in [-0.39, 0.29) is 55.6 Å². The summed E-state index contributed by atoms with van der Waals surface area (Å²) in [6, 6.07) is 0. The van der Waals surface area contributed by atoms with Gasteiger partial charge in [-0.15, -0.1) is 0 Å². The molecule has 0 rings (SSSR count). The molecule has 55 heavy (non-hydrogen) atoms. The Morgan fingerprint density at radius 1 is 0.582 bits per heavy atom. The van der Waals surface area contributed by atoms with E-state index in [1.54, 1.807) is 0 Å². The Bertz CT molecular complexity index is 966. The third kappa shape index (κ3) is 42.9. The van der Waals surface area contributed by atoms with Gasteiger partial charge in [0, 0.05) is 19.4 Å². The molecule has 0 saturated heterocycles. The molecule has 0 aliphatic carbocycles. The van der Waals surface area contributed by atoms with Crippen molar-refractivity contribution in [1.29, 1.82) is 0 Å². The van der Waals surface area contributed by atoms with Crippen LogP contribution in [0.5, 0.6) is 0 Å². The number of unbranched alkanes of at least 4 members (excludes halogenated alkanes) is 22. The van der Waals surface area contributed by atoms with Gasteiger partial charge in [-0.3, -0.25) is 14.2 Å². The van der Waals surface area contributed by atoms with Crippen molar-refractivity contribution < 1.29 is 67.1 Å². The third-order valence-electron chi connectivity index (χ3n) is 9.69. The number of carbonyl (C=O) groups excluding carboxylic acids is 2. The number of nitrogens with zero attached hydrogens (tertiary/aromatic N) is 1. The van der Waals surface area contributed by atoms with Crippen LogP contribution in [0.2, 0.25) is 0 Å². The predicted molar refractivity (Wildman–Crippen MR) is 222 cm³/mol. The van der Waals surface area contributed by atoms with Crippen LogP contribution in [0.25, 0.3) is 0 Å². The molecule has 0 aromatic carbocycles. The molecule has 0 spiro atoms. The molecular weight excluding hydrogens is 724 g/mol. The van der Waals surface area contributed by atoms with Crippen LogP contribution in [0.15, 0.2) is 24.3 Å². The van der Waals surface area contributed by atoms with E-state index >= 15 is 0 Å². The monoisotopic (exact) mass is 808 g/mol. The Balaban J connectivity index is 0. The van der Waals surface area contributed by atoms with Crippen LogP contribution in [-0.2, 0) is 32.7 Å². The number of likely N-dealkylation sites (N-methyl/N-ethyl adjacent to an activating group) is 1. The van der Waals surface area contributed by atoms with Crippen molar-refractivity contribution in [2.75, 3.05) is 40.0 Å². The first-order chi connectivity index (χ1) is 26.2. The van der Waals surface area contributed by atoms with Gasteiger partial charge in [-0.1, -0.05) is 148 Å². The number of phosphoric acid groups is 1. The number of hydrogen-bond acceptors (Lipinski definition) is 9. The van der Waals surface area contributed by atoms with Gasteiger partial charge in [0.05, 0.1) is 13.2 Å². The number of phosphoric ester groups is 1. The minimum absolute atomic E-state index is 0. The Morgan fingerprint density at radius 3 is 1.42 bits per heavy atom. The maximum Gasteiger partial charge on any atom is 1.00 e. The van der Waals surface area contributed by atoms with Crippen molar-refractivity contribution in [2.24, 2.45) is 0 Å². The zero-order valence-corrected chi connectivity index (χ0v) is 39.3. The first kappa shape index (κ1) is 56.6. The van der Waals surface area contributed by atoms with Crippen molar-refractivity contribution in [3.63, 3.8) is 0 Å². The van der Waals surface area contributed by atoms with E-state index < -0.39 is 32.5 Å². The first-order valence-corrected chi connectivity index (χ1v) is 23.6. The zero-order valence-electron chi connectivity index (χ0n) is 36.4. The van der Waals surface area contributed by atoms with Crippen LogP contribution in [0.3, 0.4) is 0 Å². The molecule has 318 valence electrons. The van der Waals surface area contributed by atoms with Gasteiger partial charge >= 0.3 is 41.5 Å². The Morgan fingerprint density at radius 2 is 0.982 bits per heavy atom. The van der Waals surface area contributed by atoms with Crippen LogP contribution in [-0.4, -0.2) is 62.9 Å². The molecule has 0 N–H and O–H groups in total. The average Bonchev–Trinajstić information content (AvgIpc) is 3.15. The van der Waals surface area contributed by atoms with Crippen molar-refractivity contribution >= 4 is 19.8 Å². The Hall–Kier alpha value is -0.510. The second-order valence-corrected chi connectivity index (χ2v) is 16.3. The molecule has 0 aromatic rings. The number of hydrogen-bond donors (Lipinski definition) is 0. The van der Waals surface area contributed by atoms with Crippen molar-refractivity contribution in [1.82, 2.24) is 4.90 Å². The molecule has 0 aliphatic heterocycles. The van der Waals surface area contributed by atoms with Gasteiger partial charge in [-0.2, -0.15) is 0 Å². The van der Waals surface area contributed by atoms with Crippen LogP contribution in [0.4, 0.5) is 0 Å². The Kier molecular flexibility index (Phi) is 44.3. The van der Waals surface area contributed by atoms with Crippen LogP contribution < -0.4 is 34.5 Å². The summed E-state index contributed by atoms with van der Waals surface area (Å²) in [7, 11) is -2.77. The van der Waals surface area contributed by atoms with Gasteiger partial charge in [0.2, 0.25) is 0 Å². The number of carbonyl (C=O) groups is 2. The van der Waals surface area contributed by atoms with Gasteiger partial charge in [0.25, 0.3) is 7.82 Å². The van der Waals surface area contributed by atoms with Crippen LogP contribution >= 0.6 is 7.82 Å². The molecule has 2 atom stereocenters. The molecule has 0 bridgehead atoms. The molecule has 0 amide bonds. The molecular formula is C44H83NNaO8P. The van der Waals surface area contributed by atoms with Gasteiger partial charge in [-0.05, 0) is 77.8 Å². The summed E-state index contributed by atoms with van der Waals surface area (Å²) in [5.41, 5.74) is 0. The van der Waals surface area contributed by atoms with Crippen LogP contribution in [0, 0.1) is 0 Å². The first-order valence-electron chi connectivity index (χ1n) is 22.2. The van der Waals surface area contributed by atoms with E-state index in [1.165, 1.54) is 116 Å². The summed E-state index contributed by atoms with van der Waals surface area (Å²) in [5.74, 6) is -0.883. The quantitative estimate of drug-likeness (QED) is 0.0196. The maximum absolute atomic E-state index is 12.6. The molecule has 9 nitrogen and oxygen atoms in total.